The van der Waals surface area contributed by atoms with Crippen molar-refractivity contribution in [2.75, 3.05) is 26.2 Å². The molecule has 3 heterocycles. The van der Waals surface area contributed by atoms with Crippen molar-refractivity contribution < 1.29 is 13.2 Å². The van der Waals surface area contributed by atoms with Gasteiger partial charge in [-0.2, -0.15) is 4.31 Å². The molecule has 1 aromatic carbocycles. The van der Waals surface area contributed by atoms with Crippen LogP contribution in [0, 0.1) is 12.3 Å². The fourth-order valence-electron chi connectivity index (χ4n) is 6.13. The molecule has 34 heavy (non-hydrogen) atoms. The number of aromatic nitrogens is 1. The number of hydrogen-bond acceptors (Lipinski definition) is 5. The normalized spacial score (nSPS) is 28.9. The molecule has 2 saturated heterocycles. The van der Waals surface area contributed by atoms with Crippen molar-refractivity contribution in [2.24, 2.45) is 5.41 Å². The van der Waals surface area contributed by atoms with Gasteiger partial charge < -0.3 is 4.74 Å². The molecular formula is C26H34ClN3O3S. The molecule has 0 amide bonds. The highest BCUT2D eigenvalue weighted by molar-refractivity contribution is 7.89. The molecule has 184 valence electrons. The van der Waals surface area contributed by atoms with Gasteiger partial charge >= 0.3 is 0 Å². The van der Waals surface area contributed by atoms with Crippen LogP contribution in [0.2, 0.25) is 5.02 Å². The highest BCUT2D eigenvalue weighted by atomic mass is 35.5. The van der Waals surface area contributed by atoms with Crippen LogP contribution in [0.3, 0.4) is 0 Å². The van der Waals surface area contributed by atoms with Gasteiger partial charge in [-0.15, -0.1) is 0 Å². The van der Waals surface area contributed by atoms with Gasteiger partial charge in [0.15, 0.2) is 0 Å². The van der Waals surface area contributed by atoms with Gasteiger partial charge in [0.2, 0.25) is 10.0 Å². The van der Waals surface area contributed by atoms with Crippen molar-refractivity contribution in [1.82, 2.24) is 14.2 Å². The quantitative estimate of drug-likeness (QED) is 0.580. The van der Waals surface area contributed by atoms with E-state index in [1.54, 1.807) is 41.8 Å². The number of sulfonamides is 1. The topological polar surface area (TPSA) is 62.7 Å². The minimum Gasteiger partial charge on any atom is -0.490 e. The fraction of sp³-hybridized carbons (Fsp3) is 0.577. The average molecular weight is 504 g/mol. The van der Waals surface area contributed by atoms with Crippen molar-refractivity contribution in [3.63, 3.8) is 0 Å². The predicted octanol–water partition coefficient (Wildman–Crippen LogP) is 4.91. The van der Waals surface area contributed by atoms with E-state index in [1.807, 2.05) is 12.1 Å². The lowest BCUT2D eigenvalue weighted by Gasteiger charge is -2.41. The number of halogens is 1. The van der Waals surface area contributed by atoms with E-state index in [2.05, 4.69) is 9.88 Å². The van der Waals surface area contributed by atoms with E-state index in [-0.39, 0.29) is 11.5 Å². The lowest BCUT2D eigenvalue weighted by molar-refractivity contribution is 0.0840. The van der Waals surface area contributed by atoms with Gasteiger partial charge in [0.05, 0.1) is 11.0 Å². The van der Waals surface area contributed by atoms with Crippen molar-refractivity contribution in [2.45, 2.75) is 68.9 Å². The van der Waals surface area contributed by atoms with Gasteiger partial charge in [-0.3, -0.25) is 9.88 Å². The molecular weight excluding hydrogens is 470 g/mol. The molecule has 1 atom stereocenters. The molecule has 3 aliphatic rings. The summed E-state index contributed by atoms with van der Waals surface area (Å²) in [5.41, 5.74) is 0.699. The Hall–Kier alpha value is -1.67. The molecule has 1 unspecified atom stereocenters. The number of rotatable bonds is 5. The van der Waals surface area contributed by atoms with E-state index in [0.717, 1.165) is 63.8 Å². The number of ether oxygens (including phenoxy) is 1. The third-order valence-corrected chi connectivity index (χ3v) is 10.4. The van der Waals surface area contributed by atoms with E-state index in [0.29, 0.717) is 34.6 Å². The maximum Gasteiger partial charge on any atom is 0.243 e. The molecule has 1 aliphatic carbocycles. The molecule has 1 saturated carbocycles. The van der Waals surface area contributed by atoms with Crippen LogP contribution in [0.4, 0.5) is 0 Å². The Morgan fingerprint density at radius 2 is 1.79 bits per heavy atom. The Balaban J connectivity index is 1.20. The van der Waals surface area contributed by atoms with E-state index in [1.165, 1.54) is 0 Å². The molecule has 8 heteroatoms. The molecule has 3 fully saturated rings. The summed E-state index contributed by atoms with van der Waals surface area (Å²) < 4.78 is 34.9. The van der Waals surface area contributed by atoms with Crippen LogP contribution in [0.15, 0.2) is 47.6 Å². The number of nitrogens with zero attached hydrogens (tertiary/aromatic N) is 3. The number of pyridine rings is 1. The molecule has 0 radical (unpaired) electrons. The Morgan fingerprint density at radius 1 is 1.03 bits per heavy atom. The Bertz CT molecular complexity index is 1110. The van der Waals surface area contributed by atoms with Gasteiger partial charge in [-0.1, -0.05) is 17.7 Å². The smallest absolute Gasteiger partial charge is 0.243 e. The zero-order valence-electron chi connectivity index (χ0n) is 19.8. The van der Waals surface area contributed by atoms with Crippen LogP contribution in [0.5, 0.6) is 5.75 Å². The Morgan fingerprint density at radius 3 is 2.56 bits per heavy atom. The third kappa shape index (κ3) is 4.85. The van der Waals surface area contributed by atoms with E-state index < -0.39 is 10.0 Å². The Labute approximate surface area is 208 Å². The predicted molar refractivity (Wildman–Crippen MR) is 134 cm³/mol. The van der Waals surface area contributed by atoms with E-state index >= 15 is 0 Å². The molecule has 1 aromatic heterocycles. The first-order valence-electron chi connectivity index (χ1n) is 12.4. The minimum atomic E-state index is -3.55. The molecule has 1 spiro atoms. The lowest BCUT2D eigenvalue weighted by atomic mass is 9.80. The first kappa shape index (κ1) is 24.0. The van der Waals surface area contributed by atoms with Gasteiger partial charge in [0.1, 0.15) is 5.75 Å². The Kier molecular flexibility index (Phi) is 6.90. The lowest BCUT2D eigenvalue weighted by Crippen LogP contribution is -2.48. The summed E-state index contributed by atoms with van der Waals surface area (Å²) in [5, 5.41) is 0.503. The molecule has 5 rings (SSSR count). The first-order chi connectivity index (χ1) is 16.4. The van der Waals surface area contributed by atoms with E-state index in [4.69, 9.17) is 16.3 Å². The number of hydrogen-bond donors (Lipinski definition) is 0. The van der Waals surface area contributed by atoms with Crippen LogP contribution < -0.4 is 4.74 Å². The number of likely N-dealkylation sites (tertiary alicyclic amines) is 1. The van der Waals surface area contributed by atoms with E-state index in [9.17, 15) is 8.42 Å². The maximum atomic E-state index is 13.5. The standard InChI is InChI=1S/C26H34ClN3O3S/c1-20-24(27)4-2-5-25(20)34(31,32)30-16-3-12-26(19-30)13-17-29(18-26)21-6-8-22(9-7-21)33-23-10-14-28-15-11-23/h2,4-5,10-11,14-15,21-22H,3,6-9,12-13,16-19H2,1H3. The highest BCUT2D eigenvalue weighted by Gasteiger charge is 2.46. The molecule has 0 bridgehead atoms. The minimum absolute atomic E-state index is 0.0577. The zero-order chi connectivity index (χ0) is 23.8. The van der Waals surface area contributed by atoms with Crippen LogP contribution in [-0.2, 0) is 10.0 Å². The van der Waals surface area contributed by atoms with Crippen molar-refractivity contribution in [3.8, 4) is 5.75 Å². The zero-order valence-corrected chi connectivity index (χ0v) is 21.4. The maximum absolute atomic E-state index is 13.5. The monoisotopic (exact) mass is 503 g/mol. The number of piperidine rings is 1. The summed E-state index contributed by atoms with van der Waals surface area (Å²) >= 11 is 6.24. The van der Waals surface area contributed by atoms with Crippen LogP contribution in [0.25, 0.3) is 0 Å². The summed E-state index contributed by atoms with van der Waals surface area (Å²) in [5.74, 6) is 0.900. The van der Waals surface area contributed by atoms with Gasteiger partial charge in [0.25, 0.3) is 0 Å². The summed E-state index contributed by atoms with van der Waals surface area (Å²) in [4.78, 5) is 7.03. The highest BCUT2D eigenvalue weighted by Crippen LogP contribution is 2.43. The second kappa shape index (κ2) is 9.76. The summed E-state index contributed by atoms with van der Waals surface area (Å²) in [6.07, 6.45) is 11.3. The van der Waals surface area contributed by atoms with Gasteiger partial charge in [-0.25, -0.2) is 8.42 Å². The number of benzene rings is 1. The summed E-state index contributed by atoms with van der Waals surface area (Å²) in [6.45, 7) is 5.05. The first-order valence-corrected chi connectivity index (χ1v) is 14.2. The van der Waals surface area contributed by atoms with Gasteiger partial charge in [-0.05, 0) is 93.7 Å². The molecule has 0 N–H and O–H groups in total. The SMILES string of the molecule is Cc1c(Cl)cccc1S(=O)(=O)N1CCCC2(CCN(C3CCC(Oc4ccncc4)CC3)C2)C1. The third-order valence-electron chi connectivity index (χ3n) is 8.04. The van der Waals surface area contributed by atoms with Crippen molar-refractivity contribution >= 4 is 21.6 Å². The van der Waals surface area contributed by atoms with Crippen LogP contribution >= 0.6 is 11.6 Å². The molecule has 2 aromatic rings. The molecule has 2 aliphatic heterocycles. The summed E-state index contributed by atoms with van der Waals surface area (Å²) in [6, 6.07) is 9.57. The summed E-state index contributed by atoms with van der Waals surface area (Å²) in [7, 11) is -3.55. The van der Waals surface area contributed by atoms with Gasteiger partial charge in [0, 0.05) is 43.1 Å². The van der Waals surface area contributed by atoms with Crippen molar-refractivity contribution in [1.29, 1.82) is 0 Å². The van der Waals surface area contributed by atoms with Crippen LogP contribution in [0.1, 0.15) is 50.5 Å². The average Bonchev–Trinajstić information content (AvgIpc) is 3.25. The fourth-order valence-corrected chi connectivity index (χ4v) is 8.20. The van der Waals surface area contributed by atoms with Crippen molar-refractivity contribution in [3.05, 3.63) is 53.3 Å². The van der Waals surface area contributed by atoms with Crippen LogP contribution in [-0.4, -0.2) is 60.9 Å². The largest absolute Gasteiger partial charge is 0.490 e. The second-order valence-corrected chi connectivity index (χ2v) is 12.6. The second-order valence-electron chi connectivity index (χ2n) is 10.3. The molecule has 6 nitrogen and oxygen atoms in total.